The molecule has 0 saturated carbocycles. The summed E-state index contributed by atoms with van der Waals surface area (Å²) in [5.74, 6) is -2.32. The number of nitrogen functional groups attached to an aromatic ring is 1. The molecule has 1 unspecified atom stereocenters. The quantitative estimate of drug-likeness (QED) is 0.694. The average Bonchev–Trinajstić information content (AvgIpc) is 2.77. The van der Waals surface area contributed by atoms with E-state index in [-0.39, 0.29) is 11.3 Å². The maximum atomic E-state index is 13.1. The van der Waals surface area contributed by atoms with Gasteiger partial charge < -0.3 is 5.73 Å². The minimum absolute atomic E-state index is 0.122. The number of nitrogens with two attached hydrogens (primary N) is 1. The highest BCUT2D eigenvalue weighted by molar-refractivity contribution is 8.02. The third kappa shape index (κ3) is 3.27. The van der Waals surface area contributed by atoms with Gasteiger partial charge in [-0.2, -0.15) is 0 Å². The van der Waals surface area contributed by atoms with E-state index in [9.17, 15) is 13.6 Å². The number of thioether (sulfide) groups is 1. The maximum absolute atomic E-state index is 13.1. The van der Waals surface area contributed by atoms with Gasteiger partial charge in [-0.05, 0) is 25.1 Å². The maximum Gasteiger partial charge on any atom is 0.203 e. The molecule has 100 valence electrons. The van der Waals surface area contributed by atoms with Gasteiger partial charge in [-0.1, -0.05) is 23.1 Å². The highest BCUT2D eigenvalue weighted by Gasteiger charge is 2.19. The molecule has 0 aliphatic heterocycles. The molecular formula is C11H9F2N3OS2. The molecule has 0 saturated heterocycles. The summed E-state index contributed by atoms with van der Waals surface area (Å²) in [7, 11) is 0. The van der Waals surface area contributed by atoms with Crippen LogP contribution >= 0.6 is 23.1 Å². The summed E-state index contributed by atoms with van der Waals surface area (Å²) in [6, 6.07) is 3.08. The van der Waals surface area contributed by atoms with E-state index in [0.29, 0.717) is 9.47 Å². The van der Waals surface area contributed by atoms with E-state index in [1.807, 2.05) is 0 Å². The number of hydrogen-bond acceptors (Lipinski definition) is 6. The van der Waals surface area contributed by atoms with Crippen molar-refractivity contribution in [2.24, 2.45) is 0 Å². The number of nitrogens with zero attached hydrogens (tertiary/aromatic N) is 2. The zero-order valence-corrected chi connectivity index (χ0v) is 11.4. The second kappa shape index (κ2) is 5.62. The smallest absolute Gasteiger partial charge is 0.203 e. The number of anilines is 1. The topological polar surface area (TPSA) is 68.9 Å². The lowest BCUT2D eigenvalue weighted by atomic mass is 10.1. The molecule has 1 aromatic heterocycles. The van der Waals surface area contributed by atoms with Gasteiger partial charge in [-0.25, -0.2) is 8.78 Å². The molecule has 0 aliphatic carbocycles. The van der Waals surface area contributed by atoms with Gasteiger partial charge in [0.2, 0.25) is 5.13 Å². The fraction of sp³-hybridized carbons (Fsp3) is 0.182. The molecular weight excluding hydrogens is 292 g/mol. The predicted octanol–water partition coefficient (Wildman–Crippen LogP) is 2.76. The van der Waals surface area contributed by atoms with Crippen molar-refractivity contribution in [1.82, 2.24) is 10.2 Å². The Hall–Kier alpha value is -1.54. The van der Waals surface area contributed by atoms with Gasteiger partial charge in [0.15, 0.2) is 21.8 Å². The van der Waals surface area contributed by atoms with Gasteiger partial charge in [-0.3, -0.25) is 4.79 Å². The molecule has 2 aromatic rings. The molecule has 0 spiro atoms. The Bertz CT molecular complexity index is 618. The molecule has 2 N–H and O–H groups in total. The Morgan fingerprint density at radius 1 is 1.37 bits per heavy atom. The molecule has 1 aromatic carbocycles. The number of halogens is 2. The third-order valence-corrected chi connectivity index (χ3v) is 4.21. The van der Waals surface area contributed by atoms with Gasteiger partial charge in [0.25, 0.3) is 0 Å². The van der Waals surface area contributed by atoms with Crippen LogP contribution in [0.2, 0.25) is 0 Å². The van der Waals surface area contributed by atoms with Crippen molar-refractivity contribution in [3.8, 4) is 0 Å². The van der Waals surface area contributed by atoms with E-state index in [4.69, 9.17) is 5.73 Å². The fourth-order valence-electron chi connectivity index (χ4n) is 1.36. The molecule has 2 rings (SSSR count). The van der Waals surface area contributed by atoms with Crippen LogP contribution in [-0.2, 0) is 0 Å². The first-order valence-corrected chi connectivity index (χ1v) is 6.92. The highest BCUT2D eigenvalue weighted by atomic mass is 32.2. The number of carbonyl (C=O) groups is 1. The Morgan fingerprint density at radius 3 is 2.68 bits per heavy atom. The molecule has 0 aliphatic rings. The van der Waals surface area contributed by atoms with Crippen molar-refractivity contribution < 1.29 is 13.6 Å². The van der Waals surface area contributed by atoms with Crippen LogP contribution in [-0.4, -0.2) is 21.2 Å². The largest absolute Gasteiger partial charge is 0.374 e. The minimum Gasteiger partial charge on any atom is -0.374 e. The van der Waals surface area contributed by atoms with Crippen molar-refractivity contribution in [3.05, 3.63) is 35.4 Å². The number of rotatable bonds is 4. The highest BCUT2D eigenvalue weighted by Crippen LogP contribution is 2.29. The van der Waals surface area contributed by atoms with Gasteiger partial charge >= 0.3 is 0 Å². The number of ketones is 1. The first-order valence-electron chi connectivity index (χ1n) is 5.22. The van der Waals surface area contributed by atoms with E-state index in [0.717, 1.165) is 12.1 Å². The standard InChI is InChI=1S/C11H9F2N3OS2/c1-5(18-11-16-15-10(14)19-11)9(17)6-2-3-7(12)8(13)4-6/h2-5H,1H3,(H2,14,15). The SMILES string of the molecule is CC(Sc1nnc(N)s1)C(=O)c1ccc(F)c(F)c1. The third-order valence-electron chi connectivity index (χ3n) is 2.27. The van der Waals surface area contributed by atoms with Crippen LogP contribution in [0.3, 0.4) is 0 Å². The normalized spacial score (nSPS) is 12.4. The zero-order valence-electron chi connectivity index (χ0n) is 9.76. The van der Waals surface area contributed by atoms with Crippen LogP contribution in [0.25, 0.3) is 0 Å². The van der Waals surface area contributed by atoms with Crippen LogP contribution in [0.4, 0.5) is 13.9 Å². The number of hydrogen-bond donors (Lipinski definition) is 1. The van der Waals surface area contributed by atoms with Crippen molar-refractivity contribution in [1.29, 1.82) is 0 Å². The first-order chi connectivity index (χ1) is 8.97. The minimum atomic E-state index is -1.04. The molecule has 0 fully saturated rings. The summed E-state index contributed by atoms with van der Waals surface area (Å²) < 4.78 is 26.4. The monoisotopic (exact) mass is 301 g/mol. The molecule has 4 nitrogen and oxygen atoms in total. The molecule has 1 heterocycles. The molecule has 8 heteroatoms. The van der Waals surface area contributed by atoms with E-state index >= 15 is 0 Å². The Balaban J connectivity index is 2.12. The lowest BCUT2D eigenvalue weighted by Crippen LogP contribution is -2.13. The Kier molecular flexibility index (Phi) is 4.11. The van der Waals surface area contributed by atoms with Crippen molar-refractivity contribution >= 4 is 34.0 Å². The van der Waals surface area contributed by atoms with Gasteiger partial charge in [-0.15, -0.1) is 10.2 Å². The second-order valence-electron chi connectivity index (χ2n) is 3.66. The Labute approximate surface area is 116 Å². The summed E-state index contributed by atoms with van der Waals surface area (Å²) in [5, 5.41) is 7.24. The predicted molar refractivity (Wildman–Crippen MR) is 70.3 cm³/mol. The van der Waals surface area contributed by atoms with Gasteiger partial charge in [0.1, 0.15) is 0 Å². The Morgan fingerprint density at radius 2 is 2.11 bits per heavy atom. The van der Waals surface area contributed by atoms with E-state index in [1.54, 1.807) is 6.92 Å². The van der Waals surface area contributed by atoms with Gasteiger partial charge in [0.05, 0.1) is 5.25 Å². The van der Waals surface area contributed by atoms with Crippen LogP contribution in [0, 0.1) is 11.6 Å². The number of aromatic nitrogens is 2. The zero-order chi connectivity index (χ0) is 14.0. The molecule has 0 amide bonds. The average molecular weight is 301 g/mol. The lowest BCUT2D eigenvalue weighted by molar-refractivity contribution is 0.0993. The van der Waals surface area contributed by atoms with E-state index in [2.05, 4.69) is 10.2 Å². The van der Waals surface area contributed by atoms with Crippen LogP contribution in [0.5, 0.6) is 0 Å². The van der Waals surface area contributed by atoms with E-state index < -0.39 is 16.9 Å². The van der Waals surface area contributed by atoms with Crippen molar-refractivity contribution in [3.63, 3.8) is 0 Å². The van der Waals surface area contributed by atoms with Gasteiger partial charge in [0, 0.05) is 5.56 Å². The summed E-state index contributed by atoms with van der Waals surface area (Å²) in [5.41, 5.74) is 5.56. The van der Waals surface area contributed by atoms with Crippen LogP contribution < -0.4 is 5.73 Å². The van der Waals surface area contributed by atoms with Crippen LogP contribution in [0.15, 0.2) is 22.5 Å². The lowest BCUT2D eigenvalue weighted by Gasteiger charge is -2.08. The van der Waals surface area contributed by atoms with Crippen molar-refractivity contribution in [2.45, 2.75) is 16.5 Å². The second-order valence-corrected chi connectivity index (χ2v) is 6.26. The summed E-state index contributed by atoms with van der Waals surface area (Å²) in [4.78, 5) is 12.0. The van der Waals surface area contributed by atoms with Crippen molar-refractivity contribution in [2.75, 3.05) is 5.73 Å². The first kappa shape index (κ1) is 13.9. The molecule has 19 heavy (non-hydrogen) atoms. The number of Topliss-reactive ketones (excluding diaryl/α,β-unsaturated/α-hetero) is 1. The van der Waals surface area contributed by atoms with E-state index in [1.165, 1.54) is 29.2 Å². The molecule has 0 radical (unpaired) electrons. The number of benzene rings is 1. The summed E-state index contributed by atoms with van der Waals surface area (Å²) in [6.45, 7) is 1.66. The fourth-order valence-corrected chi connectivity index (χ4v) is 3.21. The summed E-state index contributed by atoms with van der Waals surface area (Å²) in [6.07, 6.45) is 0. The molecule has 1 atom stereocenters. The summed E-state index contributed by atoms with van der Waals surface area (Å²) >= 11 is 2.34. The van der Waals surface area contributed by atoms with Crippen LogP contribution in [0.1, 0.15) is 17.3 Å². The number of carbonyl (C=O) groups excluding carboxylic acids is 1. The molecule has 0 bridgehead atoms.